The van der Waals surface area contributed by atoms with Crippen LogP contribution in [0.25, 0.3) is 0 Å². The summed E-state index contributed by atoms with van der Waals surface area (Å²) in [6.07, 6.45) is 3.51. The van der Waals surface area contributed by atoms with E-state index in [2.05, 4.69) is 0 Å². The Morgan fingerprint density at radius 3 is 2.96 bits per heavy atom. The van der Waals surface area contributed by atoms with Crippen molar-refractivity contribution in [2.75, 3.05) is 33.4 Å². The van der Waals surface area contributed by atoms with Gasteiger partial charge in [0.05, 0.1) is 31.8 Å². The third-order valence-electron chi connectivity index (χ3n) is 5.09. The lowest BCUT2D eigenvalue weighted by Crippen LogP contribution is -2.56. The van der Waals surface area contributed by atoms with Crippen molar-refractivity contribution in [1.82, 2.24) is 4.90 Å². The largest absolute Gasteiger partial charge is 0.384 e. The molecule has 1 saturated heterocycles. The fourth-order valence-electron chi connectivity index (χ4n) is 3.86. The Morgan fingerprint density at radius 1 is 1.43 bits per heavy atom. The second-order valence-corrected chi connectivity index (χ2v) is 6.58. The highest BCUT2D eigenvalue weighted by atomic mass is 19.1. The number of carbonyl (C=O) groups excluding carboxylic acids is 1. The molecule has 1 amide bonds. The van der Waals surface area contributed by atoms with Gasteiger partial charge in [-0.2, -0.15) is 0 Å². The highest BCUT2D eigenvalue weighted by Crippen LogP contribution is 2.41. The Labute approximate surface area is 136 Å². The maximum absolute atomic E-state index is 13.0. The number of rotatable bonds is 4. The number of carbonyl (C=O) groups is 1. The van der Waals surface area contributed by atoms with E-state index in [0.717, 1.165) is 24.8 Å². The zero-order chi connectivity index (χ0) is 16.3. The van der Waals surface area contributed by atoms with E-state index in [9.17, 15) is 9.18 Å². The smallest absolute Gasteiger partial charge is 0.227 e. The SMILES string of the molecule is COC[C@H]1CCC[C@]12CN(C(=O)Cc1ccc(F)cc1)CCO2. The number of amides is 1. The van der Waals surface area contributed by atoms with Gasteiger partial charge in [-0.1, -0.05) is 18.6 Å². The molecule has 0 bridgehead atoms. The predicted octanol–water partition coefficient (Wildman–Crippen LogP) is 2.41. The molecule has 1 aromatic rings. The first kappa shape index (κ1) is 16.4. The topological polar surface area (TPSA) is 38.8 Å². The van der Waals surface area contributed by atoms with E-state index in [-0.39, 0.29) is 17.3 Å². The summed E-state index contributed by atoms with van der Waals surface area (Å²) in [6, 6.07) is 6.14. The molecular formula is C18H24FNO3. The molecule has 1 aliphatic carbocycles. The van der Waals surface area contributed by atoms with Gasteiger partial charge < -0.3 is 14.4 Å². The lowest BCUT2D eigenvalue weighted by Gasteiger charge is -2.44. The van der Waals surface area contributed by atoms with Crippen LogP contribution in [-0.4, -0.2) is 49.8 Å². The molecule has 1 spiro atoms. The van der Waals surface area contributed by atoms with Crippen molar-refractivity contribution < 1.29 is 18.7 Å². The summed E-state index contributed by atoms with van der Waals surface area (Å²) in [5.41, 5.74) is 0.601. The number of morpholine rings is 1. The number of benzene rings is 1. The van der Waals surface area contributed by atoms with E-state index in [0.29, 0.717) is 38.6 Å². The highest BCUT2D eigenvalue weighted by molar-refractivity contribution is 5.79. The van der Waals surface area contributed by atoms with Crippen molar-refractivity contribution in [2.24, 2.45) is 5.92 Å². The molecule has 0 radical (unpaired) electrons. The minimum Gasteiger partial charge on any atom is -0.384 e. The molecule has 2 atom stereocenters. The second kappa shape index (κ2) is 6.97. The summed E-state index contributed by atoms with van der Waals surface area (Å²) in [6.45, 7) is 2.53. The molecule has 0 aromatic heterocycles. The van der Waals surface area contributed by atoms with Crippen molar-refractivity contribution in [1.29, 1.82) is 0 Å². The number of hydrogen-bond acceptors (Lipinski definition) is 3. The molecule has 23 heavy (non-hydrogen) atoms. The summed E-state index contributed by atoms with van der Waals surface area (Å²) < 4.78 is 24.4. The predicted molar refractivity (Wildman–Crippen MR) is 84.6 cm³/mol. The number of nitrogens with zero attached hydrogens (tertiary/aromatic N) is 1. The van der Waals surface area contributed by atoms with Crippen molar-refractivity contribution in [3.8, 4) is 0 Å². The molecule has 0 N–H and O–H groups in total. The maximum atomic E-state index is 13.0. The van der Waals surface area contributed by atoms with Crippen LogP contribution in [0.3, 0.4) is 0 Å². The molecule has 0 unspecified atom stereocenters. The lowest BCUT2D eigenvalue weighted by atomic mass is 9.89. The normalized spacial score (nSPS) is 27.6. The van der Waals surface area contributed by atoms with Crippen molar-refractivity contribution in [3.63, 3.8) is 0 Å². The van der Waals surface area contributed by atoms with Gasteiger partial charge in [0.2, 0.25) is 5.91 Å². The van der Waals surface area contributed by atoms with Gasteiger partial charge >= 0.3 is 0 Å². The maximum Gasteiger partial charge on any atom is 0.227 e. The van der Waals surface area contributed by atoms with E-state index in [4.69, 9.17) is 9.47 Å². The summed E-state index contributed by atoms with van der Waals surface area (Å²) >= 11 is 0. The van der Waals surface area contributed by atoms with E-state index < -0.39 is 0 Å². The first-order chi connectivity index (χ1) is 11.1. The van der Waals surface area contributed by atoms with E-state index >= 15 is 0 Å². The molecule has 1 heterocycles. The second-order valence-electron chi connectivity index (χ2n) is 6.58. The van der Waals surface area contributed by atoms with Gasteiger partial charge in [-0.25, -0.2) is 4.39 Å². The van der Waals surface area contributed by atoms with E-state index in [1.165, 1.54) is 12.1 Å². The first-order valence-electron chi connectivity index (χ1n) is 8.28. The first-order valence-corrected chi connectivity index (χ1v) is 8.28. The molecule has 5 heteroatoms. The monoisotopic (exact) mass is 321 g/mol. The molecular weight excluding hydrogens is 297 g/mol. The van der Waals surface area contributed by atoms with Crippen molar-refractivity contribution in [2.45, 2.75) is 31.3 Å². The zero-order valence-corrected chi connectivity index (χ0v) is 13.6. The molecule has 1 aliphatic heterocycles. The number of hydrogen-bond donors (Lipinski definition) is 0. The summed E-state index contributed by atoms with van der Waals surface area (Å²) in [4.78, 5) is 14.5. The number of methoxy groups -OCH3 is 1. The van der Waals surface area contributed by atoms with Gasteiger partial charge in [0.1, 0.15) is 5.82 Å². The summed E-state index contributed by atoms with van der Waals surface area (Å²) in [5.74, 6) is 0.163. The van der Waals surface area contributed by atoms with Crippen LogP contribution in [-0.2, 0) is 20.7 Å². The van der Waals surface area contributed by atoms with Crippen LogP contribution in [0.15, 0.2) is 24.3 Å². The Balaban J connectivity index is 1.65. The van der Waals surface area contributed by atoms with Crippen LogP contribution < -0.4 is 0 Å². The minimum atomic E-state index is -0.278. The van der Waals surface area contributed by atoms with Crippen molar-refractivity contribution in [3.05, 3.63) is 35.6 Å². The Morgan fingerprint density at radius 2 is 2.22 bits per heavy atom. The highest BCUT2D eigenvalue weighted by Gasteiger charge is 2.47. The van der Waals surface area contributed by atoms with Gasteiger partial charge in [-0.15, -0.1) is 0 Å². The molecule has 3 rings (SSSR count). The molecule has 2 aliphatic rings. The van der Waals surface area contributed by atoms with Gasteiger partial charge in [0.15, 0.2) is 0 Å². The third-order valence-corrected chi connectivity index (χ3v) is 5.09. The molecule has 4 nitrogen and oxygen atoms in total. The van der Waals surface area contributed by atoms with Gasteiger partial charge in [-0.3, -0.25) is 4.79 Å². The van der Waals surface area contributed by atoms with Gasteiger partial charge in [0, 0.05) is 19.6 Å². The third kappa shape index (κ3) is 3.56. The molecule has 126 valence electrons. The zero-order valence-electron chi connectivity index (χ0n) is 13.6. The molecule has 1 saturated carbocycles. The quantitative estimate of drug-likeness (QED) is 0.855. The fraction of sp³-hybridized carbons (Fsp3) is 0.611. The average molecular weight is 321 g/mol. The molecule has 1 aromatic carbocycles. The fourth-order valence-corrected chi connectivity index (χ4v) is 3.86. The number of halogens is 1. The van der Waals surface area contributed by atoms with Crippen LogP contribution in [0.4, 0.5) is 4.39 Å². The van der Waals surface area contributed by atoms with Gasteiger partial charge in [-0.05, 0) is 30.5 Å². The Hall–Kier alpha value is -1.46. The standard InChI is InChI=1S/C18H24FNO3/c1-22-12-15-3-2-8-18(15)13-20(9-10-23-18)17(21)11-14-4-6-16(19)7-5-14/h4-7,15H,2-3,8-13H2,1H3/t15-,18+/m1/s1. The minimum absolute atomic E-state index is 0.0855. The van der Waals surface area contributed by atoms with Crippen LogP contribution >= 0.6 is 0 Å². The lowest BCUT2D eigenvalue weighted by molar-refractivity contribution is -0.160. The summed E-state index contributed by atoms with van der Waals surface area (Å²) in [5, 5.41) is 0. The Bertz CT molecular complexity index is 548. The van der Waals surface area contributed by atoms with Gasteiger partial charge in [0.25, 0.3) is 0 Å². The van der Waals surface area contributed by atoms with Crippen LogP contribution in [0, 0.1) is 11.7 Å². The average Bonchev–Trinajstić information content (AvgIpc) is 2.92. The van der Waals surface area contributed by atoms with E-state index in [1.54, 1.807) is 19.2 Å². The Kier molecular flexibility index (Phi) is 4.97. The van der Waals surface area contributed by atoms with Crippen LogP contribution in [0.5, 0.6) is 0 Å². The summed E-state index contributed by atoms with van der Waals surface area (Å²) in [7, 11) is 1.71. The van der Waals surface area contributed by atoms with Crippen LogP contribution in [0.1, 0.15) is 24.8 Å². The van der Waals surface area contributed by atoms with E-state index in [1.807, 2.05) is 4.90 Å². The number of ether oxygens (including phenoxy) is 2. The van der Waals surface area contributed by atoms with Crippen molar-refractivity contribution >= 4 is 5.91 Å². The molecule has 2 fully saturated rings. The van der Waals surface area contributed by atoms with Crippen LogP contribution in [0.2, 0.25) is 0 Å².